The second kappa shape index (κ2) is 9.25. The summed E-state index contributed by atoms with van der Waals surface area (Å²) in [6.07, 6.45) is 4.29. The third-order valence-corrected chi connectivity index (χ3v) is 5.96. The van der Waals surface area contributed by atoms with Gasteiger partial charge in [-0.1, -0.05) is 11.6 Å². The number of benzene rings is 1. The summed E-state index contributed by atoms with van der Waals surface area (Å²) in [7, 11) is 0. The summed E-state index contributed by atoms with van der Waals surface area (Å²) in [6, 6.07) is 4.01. The Hall–Kier alpha value is -2.98. The molecular weight excluding hydrogens is 437 g/mol. The van der Waals surface area contributed by atoms with E-state index >= 15 is 0 Å². The second-order valence-corrected chi connectivity index (χ2v) is 8.53. The number of anilines is 3. The summed E-state index contributed by atoms with van der Waals surface area (Å²) < 4.78 is 16.3. The molecular formula is C21H25ClFN7O2. The van der Waals surface area contributed by atoms with Crippen molar-refractivity contribution in [1.29, 1.82) is 0 Å². The zero-order chi connectivity index (χ0) is 22.8. The molecule has 11 heteroatoms. The number of carbonyl (C=O) groups is 1. The van der Waals surface area contributed by atoms with Crippen LogP contribution in [-0.4, -0.2) is 43.2 Å². The molecule has 0 spiro atoms. The number of halogens is 2. The fourth-order valence-electron chi connectivity index (χ4n) is 3.99. The molecule has 1 aliphatic rings. The van der Waals surface area contributed by atoms with Gasteiger partial charge in [-0.15, -0.1) is 0 Å². The minimum absolute atomic E-state index is 0.0154. The molecule has 1 amide bonds. The molecule has 0 saturated heterocycles. The first-order valence-corrected chi connectivity index (χ1v) is 10.9. The lowest BCUT2D eigenvalue weighted by atomic mass is 9.85. The van der Waals surface area contributed by atoms with Crippen molar-refractivity contribution in [3.63, 3.8) is 0 Å². The predicted octanol–water partition coefficient (Wildman–Crippen LogP) is 3.37. The second-order valence-electron chi connectivity index (χ2n) is 8.09. The van der Waals surface area contributed by atoms with Crippen molar-refractivity contribution in [2.24, 2.45) is 11.7 Å². The van der Waals surface area contributed by atoms with Gasteiger partial charge in [-0.25, -0.2) is 14.4 Å². The van der Waals surface area contributed by atoms with Crippen LogP contribution in [-0.2, 0) is 4.79 Å². The fraction of sp³-hybridized carbons (Fsp3) is 0.429. The Bertz CT molecular complexity index is 1130. The van der Waals surface area contributed by atoms with E-state index in [1.54, 1.807) is 6.20 Å². The van der Waals surface area contributed by atoms with Crippen LogP contribution in [0.5, 0.6) is 0 Å². The minimum Gasteiger partial charge on any atom is -0.394 e. The van der Waals surface area contributed by atoms with Crippen LogP contribution in [0.3, 0.4) is 0 Å². The number of aromatic nitrogens is 4. The molecule has 4 rings (SSSR count). The van der Waals surface area contributed by atoms with Gasteiger partial charge in [0.05, 0.1) is 18.5 Å². The van der Waals surface area contributed by atoms with Crippen molar-refractivity contribution in [3.05, 3.63) is 35.2 Å². The van der Waals surface area contributed by atoms with Crippen LogP contribution in [0.2, 0.25) is 5.02 Å². The molecule has 1 aliphatic carbocycles. The third-order valence-electron chi connectivity index (χ3n) is 5.72. The lowest BCUT2D eigenvalue weighted by Gasteiger charge is -2.29. The zero-order valence-corrected chi connectivity index (χ0v) is 18.3. The average molecular weight is 462 g/mol. The molecule has 1 unspecified atom stereocenters. The largest absolute Gasteiger partial charge is 0.394 e. The molecule has 3 aromatic rings. The van der Waals surface area contributed by atoms with E-state index in [9.17, 15) is 14.3 Å². The van der Waals surface area contributed by atoms with Gasteiger partial charge in [0.15, 0.2) is 5.65 Å². The molecule has 0 radical (unpaired) electrons. The van der Waals surface area contributed by atoms with E-state index in [1.165, 1.54) is 18.2 Å². The Balaban J connectivity index is 1.75. The number of amides is 1. The zero-order valence-electron chi connectivity index (χ0n) is 17.6. The molecule has 1 aromatic carbocycles. The van der Waals surface area contributed by atoms with Crippen LogP contribution in [0.4, 0.5) is 22.0 Å². The van der Waals surface area contributed by atoms with Gasteiger partial charge in [0.2, 0.25) is 17.8 Å². The van der Waals surface area contributed by atoms with E-state index in [4.69, 9.17) is 17.3 Å². The number of primary amides is 1. The number of carbonyl (C=O) groups excluding carboxylic acids is 1. The quantitative estimate of drug-likeness (QED) is 0.424. The van der Waals surface area contributed by atoms with Crippen LogP contribution < -0.4 is 16.4 Å². The molecule has 1 atom stereocenters. The maximum absolute atomic E-state index is 14.4. The molecule has 0 bridgehead atoms. The number of nitrogens with two attached hydrogens (primary N) is 1. The number of nitrogens with one attached hydrogen (secondary N) is 2. The van der Waals surface area contributed by atoms with Gasteiger partial charge < -0.3 is 21.5 Å². The summed E-state index contributed by atoms with van der Waals surface area (Å²) in [5, 5.41) is 15.8. The highest BCUT2D eigenvalue weighted by molar-refractivity contribution is 6.30. The lowest BCUT2D eigenvalue weighted by Crippen LogP contribution is -2.29. The van der Waals surface area contributed by atoms with E-state index in [2.05, 4.69) is 25.6 Å². The van der Waals surface area contributed by atoms with Crippen molar-refractivity contribution in [3.8, 4) is 0 Å². The summed E-state index contributed by atoms with van der Waals surface area (Å²) in [5.41, 5.74) is 6.79. The number of rotatable bonds is 7. The molecule has 9 nitrogen and oxygen atoms in total. The fourth-order valence-corrected chi connectivity index (χ4v) is 4.16. The first-order valence-electron chi connectivity index (χ1n) is 10.5. The summed E-state index contributed by atoms with van der Waals surface area (Å²) in [5.74, 6) is -0.141. The van der Waals surface area contributed by atoms with Crippen molar-refractivity contribution >= 4 is 46.3 Å². The number of aliphatic hydroxyl groups excluding tert-OH is 1. The van der Waals surface area contributed by atoms with Crippen LogP contribution in [0, 0.1) is 11.7 Å². The van der Waals surface area contributed by atoms with Crippen LogP contribution in [0.15, 0.2) is 24.4 Å². The molecule has 2 aromatic heterocycles. The van der Waals surface area contributed by atoms with Gasteiger partial charge in [-0.2, -0.15) is 4.98 Å². The minimum atomic E-state index is -0.462. The first-order chi connectivity index (χ1) is 15.4. The van der Waals surface area contributed by atoms with Gasteiger partial charge in [-0.05, 0) is 50.8 Å². The monoisotopic (exact) mass is 461 g/mol. The molecule has 0 aliphatic heterocycles. The third kappa shape index (κ3) is 4.61. The van der Waals surface area contributed by atoms with Crippen LogP contribution in [0.1, 0.15) is 38.6 Å². The molecule has 2 heterocycles. The van der Waals surface area contributed by atoms with Crippen LogP contribution in [0.25, 0.3) is 11.2 Å². The Morgan fingerprint density at radius 2 is 2.09 bits per heavy atom. The van der Waals surface area contributed by atoms with Crippen LogP contribution >= 0.6 is 11.6 Å². The van der Waals surface area contributed by atoms with Crippen molar-refractivity contribution < 1.29 is 14.3 Å². The predicted molar refractivity (Wildman–Crippen MR) is 120 cm³/mol. The molecule has 1 fully saturated rings. The van der Waals surface area contributed by atoms with E-state index in [-0.39, 0.29) is 36.2 Å². The number of fused-ring (bicyclic) bond motifs is 1. The highest BCUT2D eigenvalue weighted by atomic mass is 35.5. The van der Waals surface area contributed by atoms with Gasteiger partial charge in [-0.3, -0.25) is 9.36 Å². The SMILES string of the molecule is CC(CO)Nc1ncc2nc(Nc3cc(Cl)ccc3F)n([C@H]3CC[C@@H](C(N)=O)CC3)c2n1. The van der Waals surface area contributed by atoms with E-state index < -0.39 is 5.82 Å². The topological polar surface area (TPSA) is 131 Å². The van der Waals surface area contributed by atoms with Gasteiger partial charge in [0.25, 0.3) is 0 Å². The van der Waals surface area contributed by atoms with Gasteiger partial charge in [0, 0.05) is 23.0 Å². The Kier molecular flexibility index (Phi) is 6.43. The smallest absolute Gasteiger partial charge is 0.225 e. The first kappa shape index (κ1) is 22.2. The highest BCUT2D eigenvalue weighted by Gasteiger charge is 2.29. The van der Waals surface area contributed by atoms with Crippen molar-refractivity contribution in [1.82, 2.24) is 19.5 Å². The molecule has 170 valence electrons. The Labute approximate surface area is 189 Å². The summed E-state index contributed by atoms with van der Waals surface area (Å²) >= 11 is 6.05. The number of aliphatic hydroxyl groups is 1. The summed E-state index contributed by atoms with van der Waals surface area (Å²) in [6.45, 7) is 1.74. The van der Waals surface area contributed by atoms with E-state index in [0.717, 1.165) is 0 Å². The maximum atomic E-state index is 14.4. The molecule has 1 saturated carbocycles. The molecule has 32 heavy (non-hydrogen) atoms. The van der Waals surface area contributed by atoms with Gasteiger partial charge in [0.1, 0.15) is 11.3 Å². The Morgan fingerprint density at radius 1 is 1.34 bits per heavy atom. The number of nitrogens with zero attached hydrogens (tertiary/aromatic N) is 4. The Morgan fingerprint density at radius 3 is 2.78 bits per heavy atom. The standard InChI is InChI=1S/C21H25ClFN7O2/c1-11(10-31)26-20-25-9-17-19(29-20)30(14-5-2-12(3-6-14)18(24)32)21(28-17)27-16-8-13(22)4-7-15(16)23/h4,7-9,11-12,14,31H,2-3,5-6,10H2,1H3,(H2,24,32)(H,27,28)(H,25,26,29)/t11?,12-,14+. The lowest BCUT2D eigenvalue weighted by molar-refractivity contribution is -0.122. The van der Waals surface area contributed by atoms with E-state index in [1.807, 2.05) is 11.5 Å². The van der Waals surface area contributed by atoms with Crippen molar-refractivity contribution in [2.45, 2.75) is 44.7 Å². The highest BCUT2D eigenvalue weighted by Crippen LogP contribution is 2.37. The van der Waals surface area contributed by atoms with E-state index in [0.29, 0.717) is 53.8 Å². The van der Waals surface area contributed by atoms with Gasteiger partial charge >= 0.3 is 0 Å². The number of hydrogen-bond donors (Lipinski definition) is 4. The average Bonchev–Trinajstić information content (AvgIpc) is 3.13. The summed E-state index contributed by atoms with van der Waals surface area (Å²) in [4.78, 5) is 25.1. The molecule has 5 N–H and O–H groups in total. The normalized spacial score (nSPS) is 19.6. The maximum Gasteiger partial charge on any atom is 0.225 e. The van der Waals surface area contributed by atoms with Crippen molar-refractivity contribution in [2.75, 3.05) is 17.2 Å². The number of hydrogen-bond acceptors (Lipinski definition) is 7. The number of imidazole rings is 1.